The molecule has 0 saturated carbocycles. The SMILES string of the molecule is CCOc1cccc(N2C(=O)C[C@@H]([NH2+]CCc3ccc(OC)c(OC)c3)C2=O)c1. The van der Waals surface area contributed by atoms with Gasteiger partial charge in [-0.25, -0.2) is 4.90 Å². The van der Waals surface area contributed by atoms with E-state index in [9.17, 15) is 9.59 Å². The second-order valence-corrected chi connectivity index (χ2v) is 6.77. The number of hydrogen-bond donors (Lipinski definition) is 1. The molecule has 1 atom stereocenters. The first-order chi connectivity index (χ1) is 14.1. The lowest BCUT2D eigenvalue weighted by molar-refractivity contribution is -0.674. The zero-order valence-electron chi connectivity index (χ0n) is 17.0. The summed E-state index contributed by atoms with van der Waals surface area (Å²) in [7, 11) is 3.20. The summed E-state index contributed by atoms with van der Waals surface area (Å²) < 4.78 is 16.1. The number of quaternary nitrogens is 1. The molecule has 1 aliphatic heterocycles. The highest BCUT2D eigenvalue weighted by atomic mass is 16.5. The topological polar surface area (TPSA) is 81.7 Å². The Balaban J connectivity index is 1.61. The highest BCUT2D eigenvalue weighted by Gasteiger charge is 2.42. The lowest BCUT2D eigenvalue weighted by atomic mass is 10.1. The molecule has 0 unspecified atom stereocenters. The van der Waals surface area contributed by atoms with Gasteiger partial charge in [-0.05, 0) is 36.8 Å². The van der Waals surface area contributed by atoms with E-state index in [0.717, 1.165) is 12.0 Å². The van der Waals surface area contributed by atoms with E-state index in [2.05, 4.69) is 0 Å². The van der Waals surface area contributed by atoms with Crippen LogP contribution in [0.4, 0.5) is 5.69 Å². The molecule has 2 aromatic carbocycles. The third-order valence-electron chi connectivity index (χ3n) is 4.90. The van der Waals surface area contributed by atoms with Gasteiger partial charge in [0.1, 0.15) is 5.75 Å². The van der Waals surface area contributed by atoms with Gasteiger partial charge in [-0.15, -0.1) is 0 Å². The summed E-state index contributed by atoms with van der Waals surface area (Å²) in [5, 5.41) is 1.93. The number of imide groups is 1. The molecule has 2 amide bonds. The minimum Gasteiger partial charge on any atom is -0.494 e. The molecule has 1 heterocycles. The van der Waals surface area contributed by atoms with Gasteiger partial charge < -0.3 is 19.5 Å². The summed E-state index contributed by atoms with van der Waals surface area (Å²) in [6.45, 7) is 3.10. The molecule has 154 valence electrons. The molecule has 0 bridgehead atoms. The van der Waals surface area contributed by atoms with E-state index < -0.39 is 6.04 Å². The molecular formula is C22H27N2O5+. The predicted molar refractivity (Wildman–Crippen MR) is 109 cm³/mol. The third-order valence-corrected chi connectivity index (χ3v) is 4.90. The van der Waals surface area contributed by atoms with Crippen LogP contribution in [0.2, 0.25) is 0 Å². The Morgan fingerprint density at radius 1 is 1.07 bits per heavy atom. The highest BCUT2D eigenvalue weighted by Crippen LogP contribution is 2.28. The average Bonchev–Trinajstić information content (AvgIpc) is 3.01. The van der Waals surface area contributed by atoms with Gasteiger partial charge in [0, 0.05) is 12.5 Å². The molecule has 0 radical (unpaired) electrons. The molecule has 29 heavy (non-hydrogen) atoms. The van der Waals surface area contributed by atoms with Gasteiger partial charge in [0.2, 0.25) is 5.91 Å². The molecule has 0 aromatic heterocycles. The molecule has 0 spiro atoms. The van der Waals surface area contributed by atoms with Crippen molar-refractivity contribution >= 4 is 17.5 Å². The first-order valence-electron chi connectivity index (χ1n) is 9.71. The van der Waals surface area contributed by atoms with Crippen molar-refractivity contribution in [2.75, 3.05) is 32.3 Å². The molecule has 2 N–H and O–H groups in total. The van der Waals surface area contributed by atoms with Crippen molar-refractivity contribution in [2.24, 2.45) is 0 Å². The number of nitrogens with two attached hydrogens (primary N) is 1. The minimum atomic E-state index is -0.404. The van der Waals surface area contributed by atoms with Gasteiger partial charge in [0.05, 0.1) is 39.5 Å². The number of nitrogens with zero attached hydrogens (tertiary/aromatic N) is 1. The number of hydrogen-bond acceptors (Lipinski definition) is 5. The van der Waals surface area contributed by atoms with E-state index in [0.29, 0.717) is 36.1 Å². The molecule has 0 aliphatic carbocycles. The quantitative estimate of drug-likeness (QED) is 0.647. The average molecular weight is 399 g/mol. The van der Waals surface area contributed by atoms with Crippen molar-refractivity contribution < 1.29 is 29.1 Å². The summed E-state index contributed by atoms with van der Waals surface area (Å²) in [5.74, 6) is 1.64. The Labute approximate surface area is 170 Å². The lowest BCUT2D eigenvalue weighted by Crippen LogP contribution is -2.92. The lowest BCUT2D eigenvalue weighted by Gasteiger charge is -2.15. The fourth-order valence-corrected chi connectivity index (χ4v) is 3.48. The Kier molecular flexibility index (Phi) is 6.72. The maximum absolute atomic E-state index is 12.8. The Morgan fingerprint density at radius 2 is 1.86 bits per heavy atom. The van der Waals surface area contributed by atoms with Gasteiger partial charge in [0.15, 0.2) is 17.5 Å². The monoisotopic (exact) mass is 399 g/mol. The van der Waals surface area contributed by atoms with E-state index in [1.54, 1.807) is 32.4 Å². The van der Waals surface area contributed by atoms with Gasteiger partial charge in [-0.3, -0.25) is 9.59 Å². The summed E-state index contributed by atoms with van der Waals surface area (Å²) >= 11 is 0. The third kappa shape index (κ3) is 4.68. The Morgan fingerprint density at radius 3 is 2.59 bits per heavy atom. The minimum absolute atomic E-state index is 0.184. The van der Waals surface area contributed by atoms with Crippen LogP contribution in [0.15, 0.2) is 42.5 Å². The standard InChI is InChI=1S/C22H26N2O5/c1-4-29-17-7-5-6-16(13-17)24-21(25)14-18(22(24)26)23-11-10-15-8-9-19(27-2)20(12-15)28-3/h5-9,12-13,18,23H,4,10-11,14H2,1-3H3/p+1/t18-/m1/s1. The summed E-state index contributed by atoms with van der Waals surface area (Å²) in [4.78, 5) is 26.5. The number of rotatable bonds is 9. The normalized spacial score (nSPS) is 16.2. The second-order valence-electron chi connectivity index (χ2n) is 6.77. The fraction of sp³-hybridized carbons (Fsp3) is 0.364. The Bertz CT molecular complexity index is 883. The van der Waals surface area contributed by atoms with Crippen molar-refractivity contribution in [1.29, 1.82) is 0 Å². The number of ether oxygens (including phenoxy) is 3. The molecule has 1 aliphatic rings. The van der Waals surface area contributed by atoms with Crippen LogP contribution < -0.4 is 24.4 Å². The van der Waals surface area contributed by atoms with Crippen LogP contribution in [0.3, 0.4) is 0 Å². The van der Waals surface area contributed by atoms with E-state index in [4.69, 9.17) is 14.2 Å². The highest BCUT2D eigenvalue weighted by molar-refractivity contribution is 6.21. The zero-order valence-corrected chi connectivity index (χ0v) is 17.0. The summed E-state index contributed by atoms with van der Waals surface area (Å²) in [6, 6.07) is 12.4. The summed E-state index contributed by atoms with van der Waals surface area (Å²) in [5.41, 5.74) is 1.64. The van der Waals surface area contributed by atoms with Crippen LogP contribution in [-0.2, 0) is 16.0 Å². The maximum atomic E-state index is 12.8. The van der Waals surface area contributed by atoms with Gasteiger partial charge in [-0.2, -0.15) is 0 Å². The van der Waals surface area contributed by atoms with Gasteiger partial charge in [0.25, 0.3) is 5.91 Å². The number of amides is 2. The zero-order chi connectivity index (χ0) is 20.8. The van der Waals surface area contributed by atoms with Crippen molar-refractivity contribution in [2.45, 2.75) is 25.8 Å². The number of benzene rings is 2. The molecule has 7 heteroatoms. The van der Waals surface area contributed by atoms with Crippen molar-refractivity contribution in [3.05, 3.63) is 48.0 Å². The van der Waals surface area contributed by atoms with Crippen molar-refractivity contribution in [3.8, 4) is 17.2 Å². The number of carbonyl (C=O) groups is 2. The van der Waals surface area contributed by atoms with Crippen LogP contribution in [0.5, 0.6) is 17.2 Å². The number of anilines is 1. The van der Waals surface area contributed by atoms with Crippen LogP contribution in [0.1, 0.15) is 18.9 Å². The van der Waals surface area contributed by atoms with Crippen LogP contribution in [-0.4, -0.2) is 45.2 Å². The second kappa shape index (κ2) is 9.43. The maximum Gasteiger partial charge on any atom is 0.292 e. The van der Waals surface area contributed by atoms with E-state index in [1.807, 2.05) is 36.5 Å². The first kappa shape index (κ1) is 20.7. The van der Waals surface area contributed by atoms with Gasteiger partial charge in [-0.1, -0.05) is 12.1 Å². The molecule has 1 saturated heterocycles. The predicted octanol–water partition coefficient (Wildman–Crippen LogP) is 1.54. The van der Waals surface area contributed by atoms with E-state index in [1.165, 1.54) is 4.90 Å². The van der Waals surface area contributed by atoms with Crippen LogP contribution in [0.25, 0.3) is 0 Å². The molecule has 7 nitrogen and oxygen atoms in total. The van der Waals surface area contributed by atoms with Crippen molar-refractivity contribution in [1.82, 2.24) is 0 Å². The molecule has 2 aromatic rings. The van der Waals surface area contributed by atoms with E-state index >= 15 is 0 Å². The van der Waals surface area contributed by atoms with Crippen molar-refractivity contribution in [3.63, 3.8) is 0 Å². The first-order valence-corrected chi connectivity index (χ1v) is 9.71. The van der Waals surface area contributed by atoms with Gasteiger partial charge >= 0.3 is 0 Å². The largest absolute Gasteiger partial charge is 0.494 e. The van der Waals surface area contributed by atoms with Crippen LogP contribution in [0, 0.1) is 0 Å². The number of carbonyl (C=O) groups excluding carboxylic acids is 2. The fourth-order valence-electron chi connectivity index (χ4n) is 3.48. The smallest absolute Gasteiger partial charge is 0.292 e. The molecular weight excluding hydrogens is 372 g/mol. The van der Waals surface area contributed by atoms with E-state index in [-0.39, 0.29) is 18.2 Å². The molecule has 3 rings (SSSR count). The number of methoxy groups -OCH3 is 2. The van der Waals surface area contributed by atoms with Crippen LogP contribution >= 0.6 is 0 Å². The molecule has 1 fully saturated rings. The Hall–Kier alpha value is -3.06. The summed E-state index contributed by atoms with van der Waals surface area (Å²) in [6.07, 6.45) is 0.946.